The van der Waals surface area contributed by atoms with Gasteiger partial charge in [0.2, 0.25) is 5.88 Å². The predicted molar refractivity (Wildman–Crippen MR) is 49.9 cm³/mol. The maximum absolute atomic E-state index is 12.7. The highest BCUT2D eigenvalue weighted by atomic mass is 35.5. The van der Waals surface area contributed by atoms with Crippen LogP contribution in [0.2, 0.25) is 0 Å². The summed E-state index contributed by atoms with van der Waals surface area (Å²) in [6.45, 7) is 0.836. The number of alkyl halides is 4. The molecule has 1 aromatic heterocycles. The molecule has 0 bridgehead atoms. The van der Waals surface area contributed by atoms with E-state index in [2.05, 4.69) is 9.72 Å². The Balaban J connectivity index is 2.89. The highest BCUT2D eigenvalue weighted by Crippen LogP contribution is 2.26. The van der Waals surface area contributed by atoms with E-state index in [4.69, 9.17) is 11.6 Å². The summed E-state index contributed by atoms with van der Waals surface area (Å²) in [6, 6.07) is 0.985. The average Bonchev–Trinajstić information content (AvgIpc) is 2.19. The number of aromatic nitrogens is 1. The number of rotatable bonds is 3. The van der Waals surface area contributed by atoms with Crippen LogP contribution in [0.4, 0.5) is 17.6 Å². The number of halogens is 5. The van der Waals surface area contributed by atoms with Crippen molar-refractivity contribution in [1.29, 1.82) is 0 Å². The summed E-state index contributed by atoms with van der Waals surface area (Å²) in [5, 5.41) is 0. The fraction of sp³-hybridized carbons (Fsp3) is 0.444. The second kappa shape index (κ2) is 4.86. The minimum atomic E-state index is -4.50. The highest BCUT2D eigenvalue weighted by Gasteiger charge is 2.38. The predicted octanol–water partition coefficient (Wildman–Crippen LogP) is 3.29. The molecule has 1 unspecified atom stereocenters. The van der Waals surface area contributed by atoms with E-state index in [0.29, 0.717) is 0 Å². The zero-order valence-electron chi connectivity index (χ0n) is 8.18. The summed E-state index contributed by atoms with van der Waals surface area (Å²) in [6.07, 6.45) is -5.75. The zero-order valence-corrected chi connectivity index (χ0v) is 8.94. The molecule has 0 fully saturated rings. The van der Waals surface area contributed by atoms with Gasteiger partial charge < -0.3 is 4.74 Å². The molecule has 1 aromatic rings. The first-order valence-electron chi connectivity index (χ1n) is 4.28. The quantitative estimate of drug-likeness (QED) is 0.612. The van der Waals surface area contributed by atoms with Gasteiger partial charge in [0.1, 0.15) is 5.82 Å². The topological polar surface area (TPSA) is 22.1 Å². The molecule has 90 valence electrons. The Hall–Kier alpha value is -1.04. The monoisotopic (exact) mass is 257 g/mol. The van der Waals surface area contributed by atoms with Crippen LogP contribution in [0.15, 0.2) is 12.3 Å². The van der Waals surface area contributed by atoms with Crippen molar-refractivity contribution in [3.05, 3.63) is 23.6 Å². The molecule has 0 aromatic carbocycles. The van der Waals surface area contributed by atoms with E-state index in [1.807, 2.05) is 0 Å². The van der Waals surface area contributed by atoms with Crippen LogP contribution in [-0.4, -0.2) is 17.3 Å². The fourth-order valence-electron chi connectivity index (χ4n) is 0.905. The first kappa shape index (κ1) is 13.0. The van der Waals surface area contributed by atoms with Gasteiger partial charge in [0, 0.05) is 5.56 Å². The lowest BCUT2D eigenvalue weighted by molar-refractivity contribution is -0.190. The van der Waals surface area contributed by atoms with Gasteiger partial charge in [-0.05, 0) is 13.0 Å². The van der Waals surface area contributed by atoms with Crippen molar-refractivity contribution in [2.24, 2.45) is 0 Å². The lowest BCUT2D eigenvalue weighted by Gasteiger charge is -2.18. The van der Waals surface area contributed by atoms with E-state index < -0.39 is 18.1 Å². The van der Waals surface area contributed by atoms with E-state index in [1.54, 1.807) is 0 Å². The summed E-state index contributed by atoms with van der Waals surface area (Å²) in [4.78, 5) is 3.42. The minimum absolute atomic E-state index is 0.0813. The van der Waals surface area contributed by atoms with Crippen LogP contribution in [0.1, 0.15) is 12.5 Å². The second-order valence-corrected chi connectivity index (χ2v) is 3.32. The molecule has 1 rings (SSSR count). The van der Waals surface area contributed by atoms with Gasteiger partial charge >= 0.3 is 6.18 Å². The number of ether oxygens (including phenoxy) is 1. The molecule has 7 heteroatoms. The molecule has 16 heavy (non-hydrogen) atoms. The maximum atomic E-state index is 12.7. The molecular weight excluding hydrogens is 250 g/mol. The van der Waals surface area contributed by atoms with Gasteiger partial charge in [-0.3, -0.25) is 0 Å². The lowest BCUT2D eigenvalue weighted by Crippen LogP contribution is -2.31. The largest absolute Gasteiger partial charge is 0.465 e. The number of hydrogen-bond donors (Lipinski definition) is 0. The third-order valence-electron chi connectivity index (χ3n) is 1.79. The summed E-state index contributed by atoms with van der Waals surface area (Å²) < 4.78 is 53.8. The van der Waals surface area contributed by atoms with E-state index >= 15 is 0 Å². The third kappa shape index (κ3) is 3.23. The minimum Gasteiger partial charge on any atom is -0.465 e. The summed E-state index contributed by atoms with van der Waals surface area (Å²) in [5.74, 6) is -1.16. The molecule has 0 aliphatic carbocycles. The zero-order chi connectivity index (χ0) is 12.3. The fourth-order valence-corrected chi connectivity index (χ4v) is 1.10. The molecule has 0 amide bonds. The number of nitrogens with zero attached hydrogens (tertiary/aromatic N) is 1. The second-order valence-electron chi connectivity index (χ2n) is 3.05. The van der Waals surface area contributed by atoms with E-state index in [1.165, 1.54) is 0 Å². The Morgan fingerprint density at radius 1 is 1.50 bits per heavy atom. The average molecular weight is 258 g/mol. The van der Waals surface area contributed by atoms with Crippen LogP contribution in [0.5, 0.6) is 5.88 Å². The maximum Gasteiger partial charge on any atom is 0.425 e. The van der Waals surface area contributed by atoms with Crippen molar-refractivity contribution in [3.8, 4) is 5.88 Å². The molecule has 0 aliphatic heterocycles. The molecule has 0 N–H and O–H groups in total. The van der Waals surface area contributed by atoms with Crippen molar-refractivity contribution >= 4 is 11.6 Å². The van der Waals surface area contributed by atoms with E-state index in [9.17, 15) is 17.6 Å². The molecule has 1 atom stereocenters. The van der Waals surface area contributed by atoms with Crippen molar-refractivity contribution in [1.82, 2.24) is 4.98 Å². The first-order chi connectivity index (χ1) is 7.34. The molecule has 2 nitrogen and oxygen atoms in total. The van der Waals surface area contributed by atoms with Gasteiger partial charge in [-0.25, -0.2) is 9.37 Å². The molecule has 0 spiro atoms. The molecule has 0 radical (unpaired) electrons. The van der Waals surface area contributed by atoms with Crippen LogP contribution >= 0.6 is 11.6 Å². The summed E-state index contributed by atoms with van der Waals surface area (Å²) in [7, 11) is 0. The smallest absolute Gasteiger partial charge is 0.425 e. The van der Waals surface area contributed by atoms with Crippen LogP contribution in [0.25, 0.3) is 0 Å². The Kier molecular flexibility index (Phi) is 3.96. The van der Waals surface area contributed by atoms with Crippen molar-refractivity contribution in [2.75, 3.05) is 0 Å². The normalized spacial score (nSPS) is 13.6. The number of hydrogen-bond acceptors (Lipinski definition) is 2. The SMILES string of the molecule is CC(Oc1ncc(F)cc1CCl)C(F)(F)F. The van der Waals surface area contributed by atoms with E-state index in [-0.39, 0.29) is 17.3 Å². The molecular formula is C9H8ClF4NO. The Bertz CT molecular complexity index is 369. The summed E-state index contributed by atoms with van der Waals surface area (Å²) >= 11 is 5.43. The van der Waals surface area contributed by atoms with Gasteiger partial charge in [-0.1, -0.05) is 0 Å². The van der Waals surface area contributed by atoms with Gasteiger partial charge in [0.25, 0.3) is 0 Å². The van der Waals surface area contributed by atoms with Crippen molar-refractivity contribution < 1.29 is 22.3 Å². The van der Waals surface area contributed by atoms with Crippen molar-refractivity contribution in [3.63, 3.8) is 0 Å². The van der Waals surface area contributed by atoms with Crippen LogP contribution in [0, 0.1) is 5.82 Å². The van der Waals surface area contributed by atoms with Gasteiger partial charge in [-0.2, -0.15) is 13.2 Å². The summed E-state index contributed by atoms with van der Waals surface area (Å²) in [5.41, 5.74) is 0.0813. The Labute approximate surface area is 94.2 Å². The van der Waals surface area contributed by atoms with Gasteiger partial charge in [-0.15, -0.1) is 11.6 Å². The van der Waals surface area contributed by atoms with Gasteiger partial charge in [0.15, 0.2) is 6.10 Å². The van der Waals surface area contributed by atoms with Crippen molar-refractivity contribution in [2.45, 2.75) is 25.1 Å². The Morgan fingerprint density at radius 2 is 2.12 bits per heavy atom. The van der Waals surface area contributed by atoms with Crippen LogP contribution in [0.3, 0.4) is 0 Å². The van der Waals surface area contributed by atoms with Crippen LogP contribution < -0.4 is 4.74 Å². The third-order valence-corrected chi connectivity index (χ3v) is 2.07. The lowest BCUT2D eigenvalue weighted by atomic mass is 10.3. The van der Waals surface area contributed by atoms with Gasteiger partial charge in [0.05, 0.1) is 12.1 Å². The molecule has 0 saturated heterocycles. The molecule has 1 heterocycles. The Morgan fingerprint density at radius 3 is 2.62 bits per heavy atom. The highest BCUT2D eigenvalue weighted by molar-refractivity contribution is 6.17. The molecule has 0 aliphatic rings. The van der Waals surface area contributed by atoms with E-state index in [0.717, 1.165) is 19.2 Å². The molecule has 0 saturated carbocycles. The standard InChI is InChI=1S/C9H8ClF4NO/c1-5(9(12,13)14)16-8-6(3-10)2-7(11)4-15-8/h2,4-5H,3H2,1H3. The first-order valence-corrected chi connectivity index (χ1v) is 4.81. The van der Waals surface area contributed by atoms with Crippen LogP contribution in [-0.2, 0) is 5.88 Å². The number of pyridine rings is 1.